The van der Waals surface area contributed by atoms with Crippen molar-refractivity contribution in [2.75, 3.05) is 0 Å². The van der Waals surface area contributed by atoms with Gasteiger partial charge in [0.15, 0.2) is 0 Å². The van der Waals surface area contributed by atoms with Crippen LogP contribution < -0.4 is 11.1 Å². The van der Waals surface area contributed by atoms with Crippen molar-refractivity contribution in [1.82, 2.24) is 29.5 Å². The highest BCUT2D eigenvalue weighted by Crippen LogP contribution is 2.42. The van der Waals surface area contributed by atoms with Crippen LogP contribution in [0.5, 0.6) is 11.5 Å². The maximum absolute atomic E-state index is 12.9. The Labute approximate surface area is 304 Å². The molecule has 0 fully saturated rings. The molecule has 0 aliphatic carbocycles. The Morgan fingerprint density at radius 2 is 0.980 bits per heavy atom. The van der Waals surface area contributed by atoms with Crippen molar-refractivity contribution in [2.45, 2.75) is 53.1 Å². The van der Waals surface area contributed by atoms with E-state index in [1.807, 2.05) is 74.5 Å². The summed E-state index contributed by atoms with van der Waals surface area (Å²) in [4.78, 5) is 34.2. The normalized spacial score (nSPS) is 15.4. The molecule has 2 atom stereocenters. The van der Waals surface area contributed by atoms with Crippen molar-refractivity contribution in [1.29, 1.82) is 0 Å². The second kappa shape index (κ2) is 15.4. The third kappa shape index (κ3) is 6.69. The summed E-state index contributed by atoms with van der Waals surface area (Å²) >= 11 is 0. The monoisotopic (exact) mass is 736 g/mol. The lowest BCUT2D eigenvalue weighted by Crippen LogP contribution is -2.19. The van der Waals surface area contributed by atoms with Crippen molar-refractivity contribution < 1.29 is 25.2 Å². The Kier molecular flexibility index (Phi) is 11.6. The number of aromatic hydroxyl groups is 2. The number of hydrogen-bond donors (Lipinski definition) is 4. The molecule has 6 aromatic rings. The highest BCUT2D eigenvalue weighted by Gasteiger charge is 2.35. The number of ether oxygens (including phenoxy) is 2. The van der Waals surface area contributed by atoms with Crippen molar-refractivity contribution in [3.05, 3.63) is 150 Å². The summed E-state index contributed by atoms with van der Waals surface area (Å²) in [6.07, 6.45) is 2.22. The van der Waals surface area contributed by atoms with E-state index < -0.39 is 12.2 Å². The first-order valence-electron chi connectivity index (χ1n) is 15.5. The molecular weight excluding hydrogens is 699 g/mol. The lowest BCUT2D eigenvalue weighted by atomic mass is 9.99. The maximum atomic E-state index is 12.9. The molecule has 0 saturated heterocycles. The number of rotatable bonds is 4. The number of halogens is 2. The molecule has 15 heteroatoms. The van der Waals surface area contributed by atoms with Crippen LogP contribution in [-0.2, 0) is 22.7 Å². The van der Waals surface area contributed by atoms with Gasteiger partial charge in [-0.25, -0.2) is 9.36 Å². The minimum absolute atomic E-state index is 0. The van der Waals surface area contributed by atoms with Gasteiger partial charge in [0, 0.05) is 46.0 Å². The van der Waals surface area contributed by atoms with E-state index in [4.69, 9.17) is 9.47 Å². The number of H-pyrrole nitrogens is 2. The molecular formula is C36H38Cl2N6O7. The first kappa shape index (κ1) is 38.6. The lowest BCUT2D eigenvalue weighted by Gasteiger charge is -2.12. The zero-order valence-electron chi connectivity index (χ0n) is 28.1. The number of aromatic amines is 2. The van der Waals surface area contributed by atoms with E-state index in [1.165, 1.54) is 9.36 Å². The van der Waals surface area contributed by atoms with Crippen LogP contribution in [0.25, 0.3) is 11.4 Å². The van der Waals surface area contributed by atoms with Gasteiger partial charge in [-0.1, -0.05) is 36.4 Å². The van der Waals surface area contributed by atoms with Crippen molar-refractivity contribution in [2.24, 2.45) is 0 Å². The van der Waals surface area contributed by atoms with Crippen LogP contribution in [0, 0.1) is 27.7 Å². The van der Waals surface area contributed by atoms with Gasteiger partial charge in [-0.15, -0.1) is 24.8 Å². The zero-order valence-corrected chi connectivity index (χ0v) is 29.8. The number of nitrogens with one attached hydrogen (secondary N) is 2. The molecule has 268 valence electrons. The van der Waals surface area contributed by atoms with Gasteiger partial charge in [-0.2, -0.15) is 0 Å². The first-order chi connectivity index (χ1) is 23.2. The molecule has 13 nitrogen and oxygen atoms in total. The number of fused-ring (bicyclic) bond motifs is 2. The van der Waals surface area contributed by atoms with E-state index in [2.05, 4.69) is 20.2 Å². The van der Waals surface area contributed by atoms with Gasteiger partial charge < -0.3 is 25.2 Å². The summed E-state index contributed by atoms with van der Waals surface area (Å²) in [5, 5.41) is 27.0. The van der Waals surface area contributed by atoms with Crippen molar-refractivity contribution in [3.8, 4) is 22.9 Å². The van der Waals surface area contributed by atoms with Gasteiger partial charge in [0.05, 0.1) is 47.1 Å². The second-order valence-corrected chi connectivity index (χ2v) is 11.9. The van der Waals surface area contributed by atoms with E-state index in [1.54, 1.807) is 26.2 Å². The Hall–Kier alpha value is -5.18. The number of benzene rings is 2. The average molecular weight is 738 g/mol. The van der Waals surface area contributed by atoms with Crippen LogP contribution in [0.4, 0.5) is 0 Å². The number of pyridine rings is 2. The molecule has 6 heterocycles. The minimum atomic E-state index is -0.588. The first-order valence-corrected chi connectivity index (χ1v) is 15.5. The third-order valence-electron chi connectivity index (χ3n) is 8.84. The number of hydrogen-bond acceptors (Lipinski definition) is 8. The third-order valence-corrected chi connectivity index (χ3v) is 8.84. The topological polar surface area (TPSA) is 192 Å². The van der Waals surface area contributed by atoms with Crippen LogP contribution in [0.3, 0.4) is 0 Å². The van der Waals surface area contributed by atoms with Crippen LogP contribution in [0.15, 0.2) is 82.6 Å². The Morgan fingerprint density at radius 3 is 1.33 bits per heavy atom. The predicted octanol–water partition coefficient (Wildman–Crippen LogP) is 5.02. The van der Waals surface area contributed by atoms with Crippen molar-refractivity contribution in [3.63, 3.8) is 0 Å². The molecule has 51 heavy (non-hydrogen) atoms. The smallest absolute Gasteiger partial charge is 0.277 e. The SMILES string of the molecule is Cc1ncc2c(c1O)C(c1c(C)[nH]n(-c3ccccc3)c1=O)OC2.Cc1ncc2c(c1O)C(c1c(C)[nH]n(-c3ccccc3)c1=O)OC2.Cl.Cl.O. The molecule has 2 aliphatic heterocycles. The second-order valence-electron chi connectivity index (χ2n) is 11.9. The fraction of sp³-hybridized carbons (Fsp3) is 0.222. The van der Waals surface area contributed by atoms with Crippen molar-refractivity contribution >= 4 is 24.8 Å². The van der Waals surface area contributed by atoms with Crippen LogP contribution in [-0.4, -0.2) is 45.2 Å². The van der Waals surface area contributed by atoms with Crippen LogP contribution in [0.1, 0.15) is 68.4 Å². The maximum Gasteiger partial charge on any atom is 0.277 e. The number of aromatic nitrogens is 6. The number of nitrogens with zero attached hydrogens (tertiary/aromatic N) is 4. The number of para-hydroxylation sites is 2. The average Bonchev–Trinajstić information content (AvgIpc) is 3.85. The fourth-order valence-electron chi connectivity index (χ4n) is 6.34. The summed E-state index contributed by atoms with van der Waals surface area (Å²) in [5.41, 5.74) is 7.59. The highest BCUT2D eigenvalue weighted by molar-refractivity contribution is 5.85. The summed E-state index contributed by atoms with van der Waals surface area (Å²) in [6, 6.07) is 18.7. The Balaban J connectivity index is 0.000000216. The molecule has 6 N–H and O–H groups in total. The predicted molar refractivity (Wildman–Crippen MR) is 195 cm³/mol. The van der Waals surface area contributed by atoms with Gasteiger partial charge in [0.2, 0.25) is 0 Å². The minimum Gasteiger partial charge on any atom is -0.506 e. The van der Waals surface area contributed by atoms with Gasteiger partial charge >= 0.3 is 0 Å². The van der Waals surface area contributed by atoms with E-state index >= 15 is 0 Å². The van der Waals surface area contributed by atoms with Crippen LogP contribution in [0.2, 0.25) is 0 Å². The van der Waals surface area contributed by atoms with Gasteiger partial charge in [0.25, 0.3) is 11.1 Å². The molecule has 0 spiro atoms. The van der Waals surface area contributed by atoms with Gasteiger partial charge in [-0.05, 0) is 52.0 Å². The molecule has 0 radical (unpaired) electrons. The zero-order chi connectivity index (χ0) is 33.7. The van der Waals surface area contributed by atoms with E-state index in [-0.39, 0.29) is 52.9 Å². The largest absolute Gasteiger partial charge is 0.506 e. The van der Waals surface area contributed by atoms with E-state index in [0.29, 0.717) is 46.9 Å². The van der Waals surface area contributed by atoms with E-state index in [9.17, 15) is 19.8 Å². The van der Waals surface area contributed by atoms with Crippen LogP contribution >= 0.6 is 24.8 Å². The molecule has 0 bridgehead atoms. The van der Waals surface area contributed by atoms with Gasteiger partial charge in [-0.3, -0.25) is 29.8 Å². The highest BCUT2D eigenvalue weighted by atomic mass is 35.5. The summed E-state index contributed by atoms with van der Waals surface area (Å²) in [7, 11) is 0. The molecule has 2 unspecified atom stereocenters. The molecule has 0 saturated carbocycles. The Bertz CT molecular complexity index is 2120. The van der Waals surface area contributed by atoms with Gasteiger partial charge in [0.1, 0.15) is 23.7 Å². The fourth-order valence-corrected chi connectivity index (χ4v) is 6.34. The van der Waals surface area contributed by atoms with E-state index in [0.717, 1.165) is 33.9 Å². The molecule has 0 amide bonds. The quantitative estimate of drug-likeness (QED) is 0.194. The molecule has 2 aromatic carbocycles. The number of aryl methyl sites for hydroxylation is 4. The lowest BCUT2D eigenvalue weighted by molar-refractivity contribution is 0.0917. The molecule has 2 aliphatic rings. The summed E-state index contributed by atoms with van der Waals surface area (Å²) in [5.74, 6) is 0.197. The molecule has 4 aromatic heterocycles. The molecule has 8 rings (SSSR count). The summed E-state index contributed by atoms with van der Waals surface area (Å²) in [6.45, 7) is 7.80. The Morgan fingerprint density at radius 1 is 0.627 bits per heavy atom. The summed E-state index contributed by atoms with van der Waals surface area (Å²) < 4.78 is 14.6. The standard InChI is InChI=1S/2C18H17N3O3.2ClH.H2O/c2*1-10-14(18(23)21(20-10)13-6-4-3-5-7-13)17-15-12(9-24-17)8-19-11(2)16(15)22;;;/h2*3-8,17,20,22H,9H2,1-2H3;2*1H;1H2.